The average Bonchev–Trinajstić information content (AvgIpc) is 3.54. The number of benzene rings is 2. The van der Waals surface area contributed by atoms with Crippen molar-refractivity contribution in [1.82, 2.24) is 10.3 Å². The number of carbonyl (C=O) groups excluding carboxylic acids is 1. The fourth-order valence-corrected chi connectivity index (χ4v) is 5.21. The summed E-state index contributed by atoms with van der Waals surface area (Å²) in [5, 5.41) is 3.97. The molecule has 1 heterocycles. The molecule has 166 valence electrons. The second-order valence-electron chi connectivity index (χ2n) is 9.35. The van der Waals surface area contributed by atoms with Crippen LogP contribution in [-0.4, -0.2) is 16.4 Å². The summed E-state index contributed by atoms with van der Waals surface area (Å²) in [4.78, 5) is 16.9. The number of hydrogen-bond donors (Lipinski definition) is 1. The van der Waals surface area contributed by atoms with Gasteiger partial charge in [-0.25, -0.2) is 13.2 Å². The molecule has 2 fully saturated rings. The van der Waals surface area contributed by atoms with Gasteiger partial charge in [0.25, 0.3) is 5.91 Å². The molecule has 2 aliphatic rings. The molecule has 0 aliphatic heterocycles. The number of carbonyl (C=O) groups is 1. The molecule has 0 bridgehead atoms. The maximum atomic E-state index is 13.8. The molecule has 3 nitrogen and oxygen atoms in total. The SMILES string of the molecule is O=C(NC1(C[C@H]2CC[C@@H](c3ccnc4ccc(F)cc43)CC2)CC1)c1ccc(F)c(F)c1. The summed E-state index contributed by atoms with van der Waals surface area (Å²) in [6, 6.07) is 10.0. The van der Waals surface area contributed by atoms with Crippen molar-refractivity contribution in [3.05, 3.63) is 77.2 Å². The number of fused-ring (bicyclic) bond motifs is 1. The zero-order chi connectivity index (χ0) is 22.3. The van der Waals surface area contributed by atoms with E-state index in [0.29, 0.717) is 11.8 Å². The Kier molecular flexibility index (Phi) is 5.39. The first-order valence-electron chi connectivity index (χ1n) is 11.2. The van der Waals surface area contributed by atoms with E-state index in [-0.39, 0.29) is 22.8 Å². The van der Waals surface area contributed by atoms with E-state index in [4.69, 9.17) is 0 Å². The summed E-state index contributed by atoms with van der Waals surface area (Å²) >= 11 is 0. The highest BCUT2D eigenvalue weighted by Crippen LogP contribution is 2.47. The number of halogens is 3. The fraction of sp³-hybridized carbons (Fsp3) is 0.385. The van der Waals surface area contributed by atoms with Gasteiger partial charge in [0.15, 0.2) is 11.6 Å². The van der Waals surface area contributed by atoms with Crippen molar-refractivity contribution < 1.29 is 18.0 Å². The van der Waals surface area contributed by atoms with Crippen LogP contribution in [0.15, 0.2) is 48.7 Å². The Balaban J connectivity index is 1.21. The van der Waals surface area contributed by atoms with Crippen molar-refractivity contribution in [2.24, 2.45) is 5.92 Å². The molecule has 1 amide bonds. The van der Waals surface area contributed by atoms with E-state index in [1.165, 1.54) is 17.7 Å². The van der Waals surface area contributed by atoms with Gasteiger partial charge in [-0.3, -0.25) is 9.78 Å². The van der Waals surface area contributed by atoms with E-state index >= 15 is 0 Å². The molecule has 2 saturated carbocycles. The lowest BCUT2D eigenvalue weighted by molar-refractivity contribution is 0.0920. The summed E-state index contributed by atoms with van der Waals surface area (Å²) in [6.07, 6.45) is 8.67. The summed E-state index contributed by atoms with van der Waals surface area (Å²) < 4.78 is 40.4. The third kappa shape index (κ3) is 4.23. The van der Waals surface area contributed by atoms with Gasteiger partial charge in [0, 0.05) is 22.7 Å². The number of aromatic nitrogens is 1. The molecule has 1 N–H and O–H groups in total. The first kappa shape index (κ1) is 21.0. The molecule has 32 heavy (non-hydrogen) atoms. The zero-order valence-corrected chi connectivity index (χ0v) is 17.7. The number of rotatable bonds is 5. The molecule has 2 aliphatic carbocycles. The molecule has 1 aromatic heterocycles. The number of nitrogens with one attached hydrogen (secondary N) is 1. The van der Waals surface area contributed by atoms with E-state index in [9.17, 15) is 18.0 Å². The van der Waals surface area contributed by atoms with Crippen LogP contribution >= 0.6 is 0 Å². The normalized spacial score (nSPS) is 22.0. The molecule has 0 unspecified atom stereocenters. The van der Waals surface area contributed by atoms with Crippen molar-refractivity contribution in [3.8, 4) is 0 Å². The van der Waals surface area contributed by atoms with E-state index < -0.39 is 11.6 Å². The van der Waals surface area contributed by atoms with Gasteiger partial charge >= 0.3 is 0 Å². The van der Waals surface area contributed by atoms with Crippen molar-refractivity contribution >= 4 is 16.8 Å². The van der Waals surface area contributed by atoms with Crippen LogP contribution in [0, 0.1) is 23.4 Å². The number of nitrogens with zero attached hydrogens (tertiary/aromatic N) is 1. The predicted octanol–water partition coefficient (Wildman–Crippen LogP) is 6.28. The average molecular weight is 438 g/mol. The van der Waals surface area contributed by atoms with Crippen LogP contribution < -0.4 is 5.32 Å². The quantitative estimate of drug-likeness (QED) is 0.510. The molecule has 0 spiro atoms. The second kappa shape index (κ2) is 8.23. The first-order chi connectivity index (χ1) is 15.4. The Morgan fingerprint density at radius 2 is 1.75 bits per heavy atom. The van der Waals surface area contributed by atoms with Gasteiger partial charge in [-0.15, -0.1) is 0 Å². The van der Waals surface area contributed by atoms with E-state index in [1.54, 1.807) is 18.3 Å². The Labute approximate surface area is 185 Å². The highest BCUT2D eigenvalue weighted by molar-refractivity contribution is 5.95. The minimum Gasteiger partial charge on any atom is -0.347 e. The molecule has 3 aromatic rings. The molecular formula is C26H25F3N2O. The van der Waals surface area contributed by atoms with Gasteiger partial charge < -0.3 is 5.32 Å². The van der Waals surface area contributed by atoms with Crippen molar-refractivity contribution in [2.75, 3.05) is 0 Å². The van der Waals surface area contributed by atoms with E-state index in [0.717, 1.165) is 68.0 Å². The van der Waals surface area contributed by atoms with E-state index in [2.05, 4.69) is 10.3 Å². The standard InChI is InChI=1S/C26H25F3N2O/c27-19-6-8-24-21(14-19)20(9-12-30-24)17-3-1-16(2-4-17)15-26(10-11-26)31-25(32)18-5-7-22(28)23(29)13-18/h5-9,12-14,16-17H,1-4,10-11,15H2,(H,31,32)/t16-,17+. The second-order valence-corrected chi connectivity index (χ2v) is 9.35. The third-order valence-corrected chi connectivity index (χ3v) is 7.12. The van der Waals surface area contributed by atoms with Crippen molar-refractivity contribution in [3.63, 3.8) is 0 Å². The maximum Gasteiger partial charge on any atom is 0.251 e. The van der Waals surface area contributed by atoms with Gasteiger partial charge in [-0.1, -0.05) is 0 Å². The number of hydrogen-bond acceptors (Lipinski definition) is 2. The zero-order valence-electron chi connectivity index (χ0n) is 17.7. The topological polar surface area (TPSA) is 42.0 Å². The Morgan fingerprint density at radius 3 is 2.47 bits per heavy atom. The summed E-state index contributed by atoms with van der Waals surface area (Å²) in [6.45, 7) is 0. The van der Waals surface area contributed by atoms with Gasteiger partial charge in [0.2, 0.25) is 0 Å². The third-order valence-electron chi connectivity index (χ3n) is 7.12. The van der Waals surface area contributed by atoms with Crippen LogP contribution in [0.5, 0.6) is 0 Å². The highest BCUT2D eigenvalue weighted by Gasteiger charge is 2.46. The Bertz CT molecular complexity index is 1170. The van der Waals surface area contributed by atoms with Crippen LogP contribution in [0.1, 0.15) is 66.8 Å². The van der Waals surface area contributed by atoms with Crippen LogP contribution in [0.3, 0.4) is 0 Å². The highest BCUT2D eigenvalue weighted by atomic mass is 19.2. The van der Waals surface area contributed by atoms with Crippen LogP contribution in [0.2, 0.25) is 0 Å². The lowest BCUT2D eigenvalue weighted by Gasteiger charge is -2.32. The maximum absolute atomic E-state index is 13.8. The summed E-state index contributed by atoms with van der Waals surface area (Å²) in [5.74, 6) is -1.67. The van der Waals surface area contributed by atoms with Gasteiger partial charge in [0.05, 0.1) is 5.52 Å². The monoisotopic (exact) mass is 438 g/mol. The number of pyridine rings is 1. The molecule has 5 rings (SSSR count). The van der Waals surface area contributed by atoms with Crippen LogP contribution in [0.4, 0.5) is 13.2 Å². The number of amides is 1. The van der Waals surface area contributed by atoms with Gasteiger partial charge in [0.1, 0.15) is 5.82 Å². The fourth-order valence-electron chi connectivity index (χ4n) is 5.21. The van der Waals surface area contributed by atoms with Crippen LogP contribution in [-0.2, 0) is 0 Å². The van der Waals surface area contributed by atoms with Crippen LogP contribution in [0.25, 0.3) is 10.9 Å². The summed E-state index contributed by atoms with van der Waals surface area (Å²) in [7, 11) is 0. The van der Waals surface area contributed by atoms with Crippen molar-refractivity contribution in [1.29, 1.82) is 0 Å². The molecule has 0 saturated heterocycles. The molecule has 0 atom stereocenters. The van der Waals surface area contributed by atoms with Gasteiger partial charge in [-0.05, 0) is 105 Å². The predicted molar refractivity (Wildman–Crippen MR) is 117 cm³/mol. The smallest absolute Gasteiger partial charge is 0.251 e. The minimum atomic E-state index is -1.01. The first-order valence-corrected chi connectivity index (χ1v) is 11.2. The molecule has 6 heteroatoms. The van der Waals surface area contributed by atoms with E-state index in [1.807, 2.05) is 6.07 Å². The molecule has 0 radical (unpaired) electrons. The Morgan fingerprint density at radius 1 is 0.969 bits per heavy atom. The summed E-state index contributed by atoms with van der Waals surface area (Å²) in [5.41, 5.74) is 1.91. The lowest BCUT2D eigenvalue weighted by Crippen LogP contribution is -2.39. The lowest BCUT2D eigenvalue weighted by atomic mass is 9.75. The minimum absolute atomic E-state index is 0.149. The molecular weight excluding hydrogens is 413 g/mol. The largest absolute Gasteiger partial charge is 0.347 e. The molecule has 2 aromatic carbocycles. The van der Waals surface area contributed by atoms with Gasteiger partial charge in [-0.2, -0.15) is 0 Å². The Hall–Kier alpha value is -2.89. The van der Waals surface area contributed by atoms with Crippen molar-refractivity contribution in [2.45, 2.75) is 56.4 Å².